The van der Waals surface area contributed by atoms with E-state index < -0.39 is 36.4 Å². The maximum Gasteiger partial charge on any atom is 0.336 e. The highest BCUT2D eigenvalue weighted by atomic mass is 16.5. The van der Waals surface area contributed by atoms with Gasteiger partial charge in [0.2, 0.25) is 0 Å². The lowest BCUT2D eigenvalue weighted by Gasteiger charge is -2.18. The van der Waals surface area contributed by atoms with Gasteiger partial charge in [-0.15, -0.1) is 0 Å². The summed E-state index contributed by atoms with van der Waals surface area (Å²) in [7, 11) is 0. The molecule has 4 N–H and O–H groups in total. The summed E-state index contributed by atoms with van der Waals surface area (Å²) in [5.74, 6) is -5.23. The second-order valence-electron chi connectivity index (χ2n) is 5.11. The topological polar surface area (TPSA) is 158 Å². The number of aliphatic carboxylic acids is 3. The molecule has 0 aromatic rings. The predicted molar refractivity (Wildman–Crippen MR) is 89.2 cm³/mol. The minimum atomic E-state index is -2.74. The molecule has 9 nitrogen and oxygen atoms in total. The van der Waals surface area contributed by atoms with Gasteiger partial charge in [0.25, 0.3) is 0 Å². The minimum absolute atomic E-state index is 0.211. The molecule has 0 amide bonds. The standard InChI is InChI=1S/C6H8O7.C6H14.C4H8O2/c7-3(8)1-6(13,5(11)12)2-4(9)10;1-3-5-6-4-2;1-3-6-4(2)5/h13H,1-2H2,(H,7,8)(H,9,10)(H,11,12);3-6H2,1-2H3;3H2,1-2H3. The lowest BCUT2D eigenvalue weighted by atomic mass is 9.96. The lowest BCUT2D eigenvalue weighted by molar-refractivity contribution is -0.170. The van der Waals surface area contributed by atoms with E-state index in [0.717, 1.165) is 0 Å². The van der Waals surface area contributed by atoms with Crippen molar-refractivity contribution in [1.29, 1.82) is 0 Å². The Bertz CT molecular complexity index is 384. The van der Waals surface area contributed by atoms with Gasteiger partial charge in [-0.3, -0.25) is 14.4 Å². The van der Waals surface area contributed by atoms with Crippen LogP contribution in [0.5, 0.6) is 0 Å². The summed E-state index contributed by atoms with van der Waals surface area (Å²) in [5.41, 5.74) is -2.74. The van der Waals surface area contributed by atoms with Gasteiger partial charge >= 0.3 is 23.9 Å². The minimum Gasteiger partial charge on any atom is -0.481 e. The summed E-state index contributed by atoms with van der Waals surface area (Å²) < 4.78 is 4.40. The summed E-state index contributed by atoms with van der Waals surface area (Å²) in [6.45, 7) is 8.12. The Labute approximate surface area is 147 Å². The molecule has 0 aliphatic heterocycles. The molecule has 0 spiro atoms. The first-order valence-corrected chi connectivity index (χ1v) is 7.99. The molecule has 25 heavy (non-hydrogen) atoms. The van der Waals surface area contributed by atoms with Gasteiger partial charge in [0, 0.05) is 6.92 Å². The van der Waals surface area contributed by atoms with Crippen LogP contribution in [0.15, 0.2) is 0 Å². The van der Waals surface area contributed by atoms with Crippen molar-refractivity contribution in [3.8, 4) is 0 Å². The number of carbonyl (C=O) groups is 4. The number of carbonyl (C=O) groups excluding carboxylic acids is 1. The molecule has 0 aromatic carbocycles. The highest BCUT2D eigenvalue weighted by Crippen LogP contribution is 2.15. The fraction of sp³-hybridized carbons (Fsp3) is 0.750. The van der Waals surface area contributed by atoms with Crippen LogP contribution in [0.4, 0.5) is 0 Å². The van der Waals surface area contributed by atoms with Crippen molar-refractivity contribution in [2.75, 3.05) is 6.61 Å². The van der Waals surface area contributed by atoms with Gasteiger partial charge in [0.15, 0.2) is 5.60 Å². The third-order valence-electron chi connectivity index (χ3n) is 2.59. The van der Waals surface area contributed by atoms with Crippen molar-refractivity contribution in [1.82, 2.24) is 0 Å². The van der Waals surface area contributed by atoms with Gasteiger partial charge < -0.3 is 25.2 Å². The molecule has 0 aliphatic rings. The van der Waals surface area contributed by atoms with Crippen molar-refractivity contribution >= 4 is 23.9 Å². The molecule has 0 radical (unpaired) electrons. The number of hydrogen-bond donors (Lipinski definition) is 4. The average molecular weight is 366 g/mol. The van der Waals surface area contributed by atoms with E-state index in [9.17, 15) is 19.2 Å². The van der Waals surface area contributed by atoms with E-state index in [4.69, 9.17) is 20.4 Å². The van der Waals surface area contributed by atoms with Crippen molar-refractivity contribution in [3.63, 3.8) is 0 Å². The summed E-state index contributed by atoms with van der Waals surface area (Å²) in [5, 5.41) is 33.8. The summed E-state index contributed by atoms with van der Waals surface area (Å²) in [6.07, 6.45) is 3.25. The quantitative estimate of drug-likeness (QED) is 0.353. The van der Waals surface area contributed by atoms with Crippen LogP contribution in [-0.4, -0.2) is 56.5 Å². The normalized spacial score (nSPS) is 9.64. The van der Waals surface area contributed by atoms with Crippen LogP contribution < -0.4 is 0 Å². The number of esters is 1. The third kappa shape index (κ3) is 21.8. The molecule has 0 fully saturated rings. The highest BCUT2D eigenvalue weighted by Gasteiger charge is 2.40. The van der Waals surface area contributed by atoms with E-state index in [1.54, 1.807) is 6.92 Å². The lowest BCUT2D eigenvalue weighted by Crippen LogP contribution is -2.42. The first kappa shape index (κ1) is 27.7. The van der Waals surface area contributed by atoms with E-state index in [1.165, 1.54) is 32.6 Å². The van der Waals surface area contributed by atoms with E-state index in [-0.39, 0.29) is 5.97 Å². The first-order valence-electron chi connectivity index (χ1n) is 7.99. The summed E-state index contributed by atoms with van der Waals surface area (Å²) in [4.78, 5) is 40.3. The Hall–Kier alpha value is -2.16. The van der Waals surface area contributed by atoms with Crippen molar-refractivity contribution in [2.45, 2.75) is 71.8 Å². The molecule has 148 valence electrons. The Morgan fingerprint density at radius 3 is 1.32 bits per heavy atom. The van der Waals surface area contributed by atoms with Crippen molar-refractivity contribution in [2.24, 2.45) is 0 Å². The Balaban J connectivity index is -0.000000336. The fourth-order valence-electron chi connectivity index (χ4n) is 1.42. The molecular formula is C16H30O9. The number of aliphatic hydroxyl groups is 1. The molecule has 0 aromatic heterocycles. The zero-order chi connectivity index (χ0) is 20.5. The van der Waals surface area contributed by atoms with E-state index in [1.807, 2.05) is 0 Å². The van der Waals surface area contributed by atoms with Gasteiger partial charge in [-0.1, -0.05) is 39.5 Å². The highest BCUT2D eigenvalue weighted by molar-refractivity contribution is 5.88. The second-order valence-corrected chi connectivity index (χ2v) is 5.11. The van der Waals surface area contributed by atoms with Crippen LogP contribution >= 0.6 is 0 Å². The Morgan fingerprint density at radius 1 is 0.840 bits per heavy atom. The fourth-order valence-corrected chi connectivity index (χ4v) is 1.42. The average Bonchev–Trinajstić information content (AvgIpc) is 2.44. The van der Waals surface area contributed by atoms with Crippen LogP contribution in [0.1, 0.15) is 66.2 Å². The van der Waals surface area contributed by atoms with E-state index in [0.29, 0.717) is 6.61 Å². The molecule has 0 aliphatic carbocycles. The van der Waals surface area contributed by atoms with Crippen molar-refractivity contribution < 1.29 is 44.3 Å². The molecule has 0 unspecified atom stereocenters. The molecule has 0 saturated heterocycles. The third-order valence-corrected chi connectivity index (χ3v) is 2.59. The molecule has 0 heterocycles. The molecule has 9 heteroatoms. The molecule has 0 saturated carbocycles. The molecular weight excluding hydrogens is 336 g/mol. The summed E-state index contributed by atoms with van der Waals surface area (Å²) >= 11 is 0. The maximum absolute atomic E-state index is 10.3. The zero-order valence-corrected chi connectivity index (χ0v) is 15.3. The monoisotopic (exact) mass is 366 g/mol. The molecule has 0 bridgehead atoms. The van der Waals surface area contributed by atoms with Crippen LogP contribution in [-0.2, 0) is 23.9 Å². The Morgan fingerprint density at radius 2 is 1.20 bits per heavy atom. The molecule has 0 rings (SSSR count). The van der Waals surface area contributed by atoms with Crippen LogP contribution in [0.3, 0.4) is 0 Å². The van der Waals surface area contributed by atoms with E-state index in [2.05, 4.69) is 18.6 Å². The smallest absolute Gasteiger partial charge is 0.336 e. The van der Waals surface area contributed by atoms with Gasteiger partial charge in [-0.25, -0.2) is 4.79 Å². The van der Waals surface area contributed by atoms with Gasteiger partial charge in [-0.05, 0) is 6.92 Å². The molecule has 0 atom stereocenters. The van der Waals surface area contributed by atoms with Gasteiger partial charge in [0.05, 0.1) is 19.4 Å². The number of hydrogen-bond acceptors (Lipinski definition) is 6. The van der Waals surface area contributed by atoms with Crippen LogP contribution in [0.25, 0.3) is 0 Å². The maximum atomic E-state index is 10.3. The number of carboxylic acid groups (broad SMARTS) is 3. The number of ether oxygens (including phenoxy) is 1. The second kappa shape index (κ2) is 16.7. The SMILES string of the molecule is CCCCCC.CCOC(C)=O.O=C(O)CC(O)(CC(=O)O)C(=O)O. The number of unbranched alkanes of at least 4 members (excludes halogenated alkanes) is 3. The summed E-state index contributed by atoms with van der Waals surface area (Å²) in [6, 6.07) is 0. The zero-order valence-electron chi connectivity index (χ0n) is 15.3. The van der Waals surface area contributed by atoms with Crippen molar-refractivity contribution in [3.05, 3.63) is 0 Å². The van der Waals surface area contributed by atoms with E-state index >= 15 is 0 Å². The number of carboxylic acids is 3. The largest absolute Gasteiger partial charge is 0.481 e. The van der Waals surface area contributed by atoms with Crippen LogP contribution in [0, 0.1) is 0 Å². The van der Waals surface area contributed by atoms with Gasteiger partial charge in [-0.2, -0.15) is 0 Å². The predicted octanol–water partition coefficient (Wildman–Crippen LogP) is 1.91. The Kier molecular flexibility index (Phi) is 18.5. The van der Waals surface area contributed by atoms with Crippen LogP contribution in [0.2, 0.25) is 0 Å². The van der Waals surface area contributed by atoms with Gasteiger partial charge in [0.1, 0.15) is 0 Å². The first-order chi connectivity index (χ1) is 11.5. The number of rotatable bonds is 9.